The summed E-state index contributed by atoms with van der Waals surface area (Å²) in [5, 5.41) is 12.0. The Hall–Kier alpha value is -2.01. The number of carboxylic acid groups (broad SMARTS) is 1. The van der Waals surface area contributed by atoms with Gasteiger partial charge in [0.2, 0.25) is 5.91 Å². The van der Waals surface area contributed by atoms with Crippen LogP contribution in [0.15, 0.2) is 30.4 Å². The van der Waals surface area contributed by atoms with Gasteiger partial charge in [-0.2, -0.15) is 0 Å². The molecular weight excluding hydrogens is 306 g/mol. The van der Waals surface area contributed by atoms with Gasteiger partial charge in [-0.05, 0) is 37.5 Å². The highest BCUT2D eigenvalue weighted by Crippen LogP contribution is 2.25. The minimum Gasteiger partial charge on any atom is -0.495 e. The maximum Gasteiger partial charge on any atom is 0.326 e. The second-order valence-corrected chi connectivity index (χ2v) is 5.14. The third-order valence-electron chi connectivity index (χ3n) is 3.10. The number of benzene rings is 1. The molecule has 0 radical (unpaired) electrons. The van der Waals surface area contributed by atoms with E-state index in [9.17, 15) is 9.59 Å². The zero-order valence-corrected chi connectivity index (χ0v) is 13.4. The molecule has 0 aliphatic carbocycles. The second kappa shape index (κ2) is 9.10. The molecule has 0 aliphatic rings. The summed E-state index contributed by atoms with van der Waals surface area (Å²) in [4.78, 5) is 22.9. The van der Waals surface area contributed by atoms with E-state index >= 15 is 0 Å². The number of nitrogens with one attached hydrogen (secondary N) is 1. The fraction of sp³-hybridized carbons (Fsp3) is 0.375. The fourth-order valence-electron chi connectivity index (χ4n) is 1.88. The molecule has 120 valence electrons. The van der Waals surface area contributed by atoms with Gasteiger partial charge in [-0.1, -0.05) is 29.8 Å². The molecule has 1 aromatic rings. The van der Waals surface area contributed by atoms with Crippen molar-refractivity contribution in [3.8, 4) is 5.75 Å². The summed E-state index contributed by atoms with van der Waals surface area (Å²) in [5.74, 6) is -0.769. The number of aliphatic carboxylic acids is 1. The molecule has 0 saturated carbocycles. The van der Waals surface area contributed by atoms with Crippen molar-refractivity contribution in [2.45, 2.75) is 32.2 Å². The maximum atomic E-state index is 11.8. The van der Waals surface area contributed by atoms with Gasteiger partial charge in [0, 0.05) is 6.42 Å². The first kappa shape index (κ1) is 18.0. The van der Waals surface area contributed by atoms with Crippen LogP contribution in [0.2, 0.25) is 5.02 Å². The Balaban J connectivity index is 2.54. The predicted molar refractivity (Wildman–Crippen MR) is 85.3 cm³/mol. The summed E-state index contributed by atoms with van der Waals surface area (Å²) >= 11 is 6.02. The van der Waals surface area contributed by atoms with Crippen molar-refractivity contribution in [2.75, 3.05) is 7.11 Å². The molecule has 22 heavy (non-hydrogen) atoms. The van der Waals surface area contributed by atoms with E-state index in [1.807, 2.05) is 6.07 Å². The zero-order chi connectivity index (χ0) is 16.5. The van der Waals surface area contributed by atoms with Crippen LogP contribution in [0.1, 0.15) is 25.3 Å². The third kappa shape index (κ3) is 5.77. The van der Waals surface area contributed by atoms with Crippen LogP contribution in [0.25, 0.3) is 0 Å². The van der Waals surface area contributed by atoms with Crippen LogP contribution in [-0.4, -0.2) is 30.1 Å². The zero-order valence-electron chi connectivity index (χ0n) is 12.6. The first-order chi connectivity index (χ1) is 10.5. The Morgan fingerprint density at radius 2 is 2.18 bits per heavy atom. The molecule has 0 aromatic heterocycles. The summed E-state index contributed by atoms with van der Waals surface area (Å²) in [6, 6.07) is 4.40. The van der Waals surface area contributed by atoms with Gasteiger partial charge in [0.15, 0.2) is 0 Å². The first-order valence-electron chi connectivity index (χ1n) is 6.93. The Kier molecular flexibility index (Phi) is 7.46. The highest BCUT2D eigenvalue weighted by molar-refractivity contribution is 6.32. The first-order valence-corrected chi connectivity index (χ1v) is 7.31. The van der Waals surface area contributed by atoms with Gasteiger partial charge in [-0.3, -0.25) is 4.79 Å². The number of rotatable bonds is 8. The van der Waals surface area contributed by atoms with E-state index < -0.39 is 12.0 Å². The predicted octanol–water partition coefficient (Wildman–Crippen LogP) is 2.82. The Morgan fingerprint density at radius 1 is 1.45 bits per heavy atom. The molecule has 0 saturated heterocycles. The molecular formula is C16H20ClNO4. The molecule has 1 aromatic carbocycles. The van der Waals surface area contributed by atoms with Crippen molar-refractivity contribution < 1.29 is 19.4 Å². The Morgan fingerprint density at radius 3 is 2.73 bits per heavy atom. The van der Waals surface area contributed by atoms with Crippen LogP contribution in [0.3, 0.4) is 0 Å². The van der Waals surface area contributed by atoms with Crippen molar-refractivity contribution in [1.82, 2.24) is 5.32 Å². The number of halogens is 1. The van der Waals surface area contributed by atoms with Gasteiger partial charge in [-0.25, -0.2) is 4.79 Å². The van der Waals surface area contributed by atoms with Crippen molar-refractivity contribution in [3.05, 3.63) is 40.9 Å². The normalized spacial score (nSPS) is 12.1. The summed E-state index contributed by atoms with van der Waals surface area (Å²) < 4.78 is 5.06. The van der Waals surface area contributed by atoms with Crippen LogP contribution in [0, 0.1) is 0 Å². The lowest BCUT2D eigenvalue weighted by atomic mass is 10.1. The summed E-state index contributed by atoms with van der Waals surface area (Å²) in [7, 11) is 1.53. The van der Waals surface area contributed by atoms with Gasteiger partial charge < -0.3 is 15.2 Å². The largest absolute Gasteiger partial charge is 0.495 e. The molecule has 2 N–H and O–H groups in total. The number of hydrogen-bond acceptors (Lipinski definition) is 3. The quantitative estimate of drug-likeness (QED) is 0.721. The van der Waals surface area contributed by atoms with Crippen molar-refractivity contribution >= 4 is 23.5 Å². The summed E-state index contributed by atoms with van der Waals surface area (Å²) in [5.41, 5.74) is 0.890. The van der Waals surface area contributed by atoms with Crippen LogP contribution >= 0.6 is 11.6 Å². The number of aryl methyl sites for hydroxylation is 1. The lowest BCUT2D eigenvalue weighted by Gasteiger charge is -2.12. The molecule has 5 nitrogen and oxygen atoms in total. The van der Waals surface area contributed by atoms with Crippen LogP contribution in [-0.2, 0) is 16.0 Å². The number of hydrogen-bond donors (Lipinski definition) is 2. The van der Waals surface area contributed by atoms with Crippen LogP contribution in [0.5, 0.6) is 5.75 Å². The van der Waals surface area contributed by atoms with E-state index in [-0.39, 0.29) is 18.7 Å². The fourth-order valence-corrected chi connectivity index (χ4v) is 2.16. The van der Waals surface area contributed by atoms with E-state index in [1.54, 1.807) is 31.2 Å². The minimum atomic E-state index is -1.04. The molecule has 1 unspecified atom stereocenters. The lowest BCUT2D eigenvalue weighted by Crippen LogP contribution is -2.40. The van der Waals surface area contributed by atoms with Crippen molar-refractivity contribution in [2.24, 2.45) is 0 Å². The number of allylic oxidation sites excluding steroid dienone is 1. The lowest BCUT2D eigenvalue weighted by molar-refractivity contribution is -0.141. The van der Waals surface area contributed by atoms with Crippen LogP contribution < -0.4 is 10.1 Å². The summed E-state index contributed by atoms with van der Waals surface area (Å²) in [6.45, 7) is 1.80. The van der Waals surface area contributed by atoms with E-state index in [0.717, 1.165) is 5.56 Å². The highest BCUT2D eigenvalue weighted by atomic mass is 35.5. The van der Waals surface area contributed by atoms with E-state index in [2.05, 4.69) is 5.32 Å². The van der Waals surface area contributed by atoms with Gasteiger partial charge >= 0.3 is 5.97 Å². The number of carbonyl (C=O) groups is 2. The maximum absolute atomic E-state index is 11.8. The van der Waals surface area contributed by atoms with Crippen LogP contribution in [0.4, 0.5) is 0 Å². The monoisotopic (exact) mass is 325 g/mol. The van der Waals surface area contributed by atoms with Crippen molar-refractivity contribution in [1.29, 1.82) is 0 Å². The molecule has 1 rings (SSSR count). The standard InChI is InChI=1S/C16H20ClNO4/c1-3-4-5-13(16(20)21)18-15(19)9-7-11-6-8-14(22-2)12(17)10-11/h3-4,6,8,10,13H,5,7,9H2,1-2H3,(H,18,19)(H,20,21)/b4-3+. The van der Waals surface area contributed by atoms with Gasteiger partial charge in [0.25, 0.3) is 0 Å². The molecule has 0 spiro atoms. The van der Waals surface area contributed by atoms with E-state index in [1.165, 1.54) is 7.11 Å². The molecule has 1 atom stereocenters. The number of carbonyl (C=O) groups excluding carboxylic acids is 1. The molecule has 0 heterocycles. The summed E-state index contributed by atoms with van der Waals surface area (Å²) in [6.07, 6.45) is 4.41. The number of carboxylic acids is 1. The molecule has 0 fully saturated rings. The SMILES string of the molecule is C/C=C/CC(NC(=O)CCc1ccc(OC)c(Cl)c1)C(=O)O. The number of amides is 1. The number of methoxy groups -OCH3 is 1. The molecule has 6 heteroatoms. The smallest absolute Gasteiger partial charge is 0.326 e. The average Bonchev–Trinajstić information content (AvgIpc) is 2.49. The average molecular weight is 326 g/mol. The van der Waals surface area contributed by atoms with E-state index in [0.29, 0.717) is 17.2 Å². The van der Waals surface area contributed by atoms with E-state index in [4.69, 9.17) is 21.4 Å². The Labute approximate surface area is 134 Å². The van der Waals surface area contributed by atoms with Gasteiger partial charge in [0.1, 0.15) is 11.8 Å². The number of ether oxygens (including phenoxy) is 1. The topological polar surface area (TPSA) is 75.6 Å². The highest BCUT2D eigenvalue weighted by Gasteiger charge is 2.18. The molecule has 0 aliphatic heterocycles. The molecule has 0 bridgehead atoms. The van der Waals surface area contributed by atoms with Gasteiger partial charge in [-0.15, -0.1) is 0 Å². The van der Waals surface area contributed by atoms with Gasteiger partial charge in [0.05, 0.1) is 12.1 Å². The van der Waals surface area contributed by atoms with Crippen molar-refractivity contribution in [3.63, 3.8) is 0 Å². The Bertz CT molecular complexity index is 557. The molecule has 1 amide bonds. The third-order valence-corrected chi connectivity index (χ3v) is 3.39. The second-order valence-electron chi connectivity index (χ2n) is 4.73. The minimum absolute atomic E-state index is 0.197.